The van der Waals surface area contributed by atoms with Crippen molar-refractivity contribution in [2.24, 2.45) is 0 Å². The summed E-state index contributed by atoms with van der Waals surface area (Å²) in [5, 5.41) is 4.38. The number of hydrogen-bond acceptors (Lipinski definition) is 7. The maximum Gasteiger partial charge on any atom is 0.163 e. The highest BCUT2D eigenvalue weighted by molar-refractivity contribution is 7.22. The molecule has 5 rings (SSSR count). The molecule has 0 saturated carbocycles. The maximum atomic E-state index is 6.24. The van der Waals surface area contributed by atoms with E-state index in [-0.39, 0.29) is 0 Å². The van der Waals surface area contributed by atoms with Gasteiger partial charge in [-0.3, -0.25) is 4.98 Å². The van der Waals surface area contributed by atoms with Gasteiger partial charge in [-0.05, 0) is 42.3 Å². The van der Waals surface area contributed by atoms with E-state index >= 15 is 0 Å². The van der Waals surface area contributed by atoms with E-state index in [0.717, 1.165) is 46.1 Å². The number of halogens is 1. The van der Waals surface area contributed by atoms with Crippen molar-refractivity contribution >= 4 is 39.0 Å². The molecule has 0 aliphatic carbocycles. The second kappa shape index (κ2) is 7.85. The Bertz CT molecular complexity index is 1170. The molecule has 0 atom stereocenters. The summed E-state index contributed by atoms with van der Waals surface area (Å²) in [4.78, 5) is 14.3. The molecule has 1 aliphatic rings. The summed E-state index contributed by atoms with van der Waals surface area (Å²) >= 11 is 7.69. The third-order valence-electron chi connectivity index (χ3n) is 4.61. The number of rotatable bonds is 5. The first-order chi connectivity index (χ1) is 14.3. The molecule has 0 saturated heterocycles. The van der Waals surface area contributed by atoms with Crippen LogP contribution < -0.4 is 14.8 Å². The van der Waals surface area contributed by atoms with Crippen LogP contribution in [-0.4, -0.2) is 34.7 Å². The smallest absolute Gasteiger partial charge is 0.163 e. The van der Waals surface area contributed by atoms with Gasteiger partial charge in [-0.15, -0.1) is 11.3 Å². The molecule has 1 aliphatic heterocycles. The van der Waals surface area contributed by atoms with E-state index in [9.17, 15) is 0 Å². The summed E-state index contributed by atoms with van der Waals surface area (Å²) in [6.07, 6.45) is 4.29. The molecule has 3 aromatic heterocycles. The number of aromatic nitrogens is 3. The molecule has 0 spiro atoms. The van der Waals surface area contributed by atoms with Crippen LogP contribution in [0, 0.1) is 0 Å². The Morgan fingerprint density at radius 1 is 1.00 bits per heavy atom. The second-order valence-electron chi connectivity index (χ2n) is 6.56. The Morgan fingerprint density at radius 3 is 2.69 bits per heavy atom. The van der Waals surface area contributed by atoms with Gasteiger partial charge in [0.15, 0.2) is 17.3 Å². The Morgan fingerprint density at radius 2 is 1.83 bits per heavy atom. The third kappa shape index (κ3) is 3.83. The van der Waals surface area contributed by atoms with Crippen LogP contribution in [0.25, 0.3) is 21.6 Å². The molecule has 29 heavy (non-hydrogen) atoms. The van der Waals surface area contributed by atoms with Gasteiger partial charge < -0.3 is 14.8 Å². The zero-order chi connectivity index (χ0) is 19.6. The SMILES string of the molecule is Clc1cc2c(NCCc3ccc4c(c3)OCCO4)nc(-c3ccncc3)nc2s1. The number of ether oxygens (including phenoxy) is 2. The first-order valence-corrected chi connectivity index (χ1v) is 10.5. The van der Waals surface area contributed by atoms with E-state index in [4.69, 9.17) is 26.1 Å². The van der Waals surface area contributed by atoms with Crippen LogP contribution in [0.15, 0.2) is 48.8 Å². The molecule has 8 heteroatoms. The van der Waals surface area contributed by atoms with E-state index in [1.165, 1.54) is 16.9 Å². The lowest BCUT2D eigenvalue weighted by Crippen LogP contribution is -2.15. The average molecular weight is 425 g/mol. The van der Waals surface area contributed by atoms with E-state index < -0.39 is 0 Å². The predicted octanol–water partition coefficient (Wildman–Crippen LogP) is 4.83. The Hall–Kier alpha value is -2.90. The van der Waals surface area contributed by atoms with Crippen molar-refractivity contribution < 1.29 is 9.47 Å². The standard InChI is InChI=1S/C21H17ClN4O2S/c22-18-12-15-20(25-19(26-21(15)29-18)14-4-6-23-7-5-14)24-8-3-13-1-2-16-17(11-13)28-10-9-27-16/h1-2,4-7,11-12H,3,8-10H2,(H,24,25,26). The zero-order valence-corrected chi connectivity index (χ0v) is 17.0. The molecule has 4 heterocycles. The minimum Gasteiger partial charge on any atom is -0.486 e. The van der Waals surface area contributed by atoms with Crippen molar-refractivity contribution in [2.75, 3.05) is 25.1 Å². The fraction of sp³-hybridized carbons (Fsp3) is 0.190. The quantitative estimate of drug-likeness (QED) is 0.494. The fourth-order valence-electron chi connectivity index (χ4n) is 3.23. The molecule has 6 nitrogen and oxygen atoms in total. The van der Waals surface area contributed by atoms with Gasteiger partial charge in [-0.25, -0.2) is 9.97 Å². The van der Waals surface area contributed by atoms with Gasteiger partial charge in [0, 0.05) is 24.5 Å². The highest BCUT2D eigenvalue weighted by Crippen LogP contribution is 2.34. The molecule has 1 N–H and O–H groups in total. The van der Waals surface area contributed by atoms with Crippen LogP contribution in [0.3, 0.4) is 0 Å². The molecule has 0 radical (unpaired) electrons. The summed E-state index contributed by atoms with van der Waals surface area (Å²) in [5.41, 5.74) is 2.09. The third-order valence-corrected chi connectivity index (χ3v) is 5.77. The van der Waals surface area contributed by atoms with Crippen molar-refractivity contribution in [1.29, 1.82) is 0 Å². The van der Waals surface area contributed by atoms with Gasteiger partial charge in [-0.1, -0.05) is 17.7 Å². The first-order valence-electron chi connectivity index (χ1n) is 9.26. The van der Waals surface area contributed by atoms with Gasteiger partial charge in [-0.2, -0.15) is 0 Å². The average Bonchev–Trinajstić information content (AvgIpc) is 3.14. The van der Waals surface area contributed by atoms with Crippen molar-refractivity contribution in [1.82, 2.24) is 15.0 Å². The summed E-state index contributed by atoms with van der Waals surface area (Å²) < 4.78 is 11.9. The predicted molar refractivity (Wildman–Crippen MR) is 115 cm³/mol. The molecular formula is C21H17ClN4O2S. The minimum absolute atomic E-state index is 0.588. The van der Waals surface area contributed by atoms with Crippen LogP contribution in [0.5, 0.6) is 11.5 Å². The molecule has 4 aromatic rings. The molecule has 1 aromatic carbocycles. The van der Waals surface area contributed by atoms with Crippen LogP contribution in [0.2, 0.25) is 4.34 Å². The highest BCUT2D eigenvalue weighted by atomic mass is 35.5. The number of nitrogens with zero attached hydrogens (tertiary/aromatic N) is 3. The number of hydrogen-bond donors (Lipinski definition) is 1. The lowest BCUT2D eigenvalue weighted by Gasteiger charge is -2.19. The summed E-state index contributed by atoms with van der Waals surface area (Å²) in [7, 11) is 0. The fourth-order valence-corrected chi connectivity index (χ4v) is 4.31. The van der Waals surface area contributed by atoms with Crippen LogP contribution in [0.4, 0.5) is 5.82 Å². The molecule has 0 amide bonds. The topological polar surface area (TPSA) is 69.2 Å². The summed E-state index contributed by atoms with van der Waals surface area (Å²) in [5.74, 6) is 3.05. The highest BCUT2D eigenvalue weighted by Gasteiger charge is 2.14. The minimum atomic E-state index is 0.588. The van der Waals surface area contributed by atoms with Gasteiger partial charge in [0.2, 0.25) is 0 Å². The number of benzene rings is 1. The van der Waals surface area contributed by atoms with Crippen LogP contribution in [0.1, 0.15) is 5.56 Å². The van der Waals surface area contributed by atoms with E-state index in [1.54, 1.807) is 12.4 Å². The van der Waals surface area contributed by atoms with Crippen molar-refractivity contribution in [2.45, 2.75) is 6.42 Å². The molecule has 0 fully saturated rings. The Kier molecular flexibility index (Phi) is 4.91. The number of anilines is 1. The number of nitrogens with one attached hydrogen (secondary N) is 1. The molecule has 146 valence electrons. The van der Waals surface area contributed by atoms with Crippen molar-refractivity contribution in [3.63, 3.8) is 0 Å². The van der Waals surface area contributed by atoms with Gasteiger partial charge in [0.05, 0.1) is 9.72 Å². The second-order valence-corrected chi connectivity index (χ2v) is 8.22. The van der Waals surface area contributed by atoms with Gasteiger partial charge in [0.1, 0.15) is 23.9 Å². The number of fused-ring (bicyclic) bond motifs is 2. The summed E-state index contributed by atoms with van der Waals surface area (Å²) in [6, 6.07) is 11.8. The lowest BCUT2D eigenvalue weighted by molar-refractivity contribution is 0.171. The van der Waals surface area contributed by atoms with E-state index in [0.29, 0.717) is 23.4 Å². The van der Waals surface area contributed by atoms with Crippen LogP contribution >= 0.6 is 22.9 Å². The maximum absolute atomic E-state index is 6.24. The molecule has 0 bridgehead atoms. The Balaban J connectivity index is 1.38. The first kappa shape index (κ1) is 18.1. The monoisotopic (exact) mass is 424 g/mol. The van der Waals surface area contributed by atoms with Crippen molar-refractivity contribution in [3.8, 4) is 22.9 Å². The normalized spacial score (nSPS) is 12.9. The largest absolute Gasteiger partial charge is 0.486 e. The zero-order valence-electron chi connectivity index (χ0n) is 15.4. The van der Waals surface area contributed by atoms with E-state index in [1.807, 2.05) is 30.3 Å². The molecule has 0 unspecified atom stereocenters. The summed E-state index contributed by atoms with van der Waals surface area (Å²) in [6.45, 7) is 1.90. The van der Waals surface area contributed by atoms with Gasteiger partial charge >= 0.3 is 0 Å². The number of thiophene rings is 1. The Labute approximate surface area is 176 Å². The lowest BCUT2D eigenvalue weighted by atomic mass is 10.1. The van der Waals surface area contributed by atoms with E-state index in [2.05, 4.69) is 21.4 Å². The number of pyridine rings is 1. The van der Waals surface area contributed by atoms with Crippen LogP contribution in [-0.2, 0) is 6.42 Å². The van der Waals surface area contributed by atoms with Gasteiger partial charge in [0.25, 0.3) is 0 Å². The molecular weight excluding hydrogens is 408 g/mol. The van der Waals surface area contributed by atoms with Crippen molar-refractivity contribution in [3.05, 3.63) is 58.7 Å².